The molecule has 0 aliphatic rings. The van der Waals surface area contributed by atoms with E-state index in [0.29, 0.717) is 4.90 Å². The molecule has 0 aliphatic heterocycles. The summed E-state index contributed by atoms with van der Waals surface area (Å²) in [5, 5.41) is 0. The van der Waals surface area contributed by atoms with Crippen LogP contribution in [-0.4, -0.2) is 56.2 Å². The molecule has 0 saturated carbocycles. The molecular formula is C9H12F3NO5. The molecule has 0 aromatic rings. The lowest BCUT2D eigenvalue weighted by Crippen LogP contribution is -2.41. The van der Waals surface area contributed by atoms with Crippen LogP contribution in [-0.2, 0) is 23.9 Å². The van der Waals surface area contributed by atoms with E-state index in [1.807, 2.05) is 0 Å². The van der Waals surface area contributed by atoms with Crippen LogP contribution in [0, 0.1) is 0 Å². The summed E-state index contributed by atoms with van der Waals surface area (Å²) in [6.45, 7) is -1.50. The molecule has 0 spiro atoms. The molecule has 1 amide bonds. The van der Waals surface area contributed by atoms with Crippen molar-refractivity contribution in [3.05, 3.63) is 0 Å². The second-order valence-corrected chi connectivity index (χ2v) is 3.19. The molecule has 0 aliphatic carbocycles. The molecule has 0 atom stereocenters. The fourth-order valence-electron chi connectivity index (χ4n) is 0.956. The highest BCUT2D eigenvalue weighted by molar-refractivity contribution is 5.86. The number of amides is 1. The van der Waals surface area contributed by atoms with Gasteiger partial charge in [-0.2, -0.15) is 13.2 Å². The van der Waals surface area contributed by atoms with E-state index in [-0.39, 0.29) is 0 Å². The third-order valence-electron chi connectivity index (χ3n) is 1.80. The third-order valence-corrected chi connectivity index (χ3v) is 1.80. The maximum atomic E-state index is 12.0. The molecule has 0 aromatic heterocycles. The summed E-state index contributed by atoms with van der Waals surface area (Å²) in [5.74, 6) is -3.28. The fraction of sp³-hybridized carbons (Fsp3) is 0.667. The standard InChI is InChI=1S/C9H12F3NO5/c1-17-7(15)4-13(5-8(16)18-2)6(14)3-9(10,11)12/h3-5H2,1-2H3. The van der Waals surface area contributed by atoms with Crippen LogP contribution in [0.5, 0.6) is 0 Å². The van der Waals surface area contributed by atoms with Gasteiger partial charge >= 0.3 is 18.1 Å². The van der Waals surface area contributed by atoms with E-state index in [0.717, 1.165) is 14.2 Å². The summed E-state index contributed by atoms with van der Waals surface area (Å²) in [6, 6.07) is 0. The van der Waals surface area contributed by atoms with E-state index in [1.54, 1.807) is 0 Å². The van der Waals surface area contributed by atoms with Crippen LogP contribution in [0.3, 0.4) is 0 Å². The second-order valence-electron chi connectivity index (χ2n) is 3.19. The van der Waals surface area contributed by atoms with E-state index < -0.39 is 43.5 Å². The molecule has 0 heterocycles. The van der Waals surface area contributed by atoms with Crippen molar-refractivity contribution < 1.29 is 37.0 Å². The number of hydrogen-bond donors (Lipinski definition) is 0. The molecule has 0 bridgehead atoms. The lowest BCUT2D eigenvalue weighted by atomic mass is 10.3. The van der Waals surface area contributed by atoms with Crippen molar-refractivity contribution in [3.63, 3.8) is 0 Å². The minimum atomic E-state index is -4.72. The third kappa shape index (κ3) is 6.71. The van der Waals surface area contributed by atoms with Crippen LogP contribution < -0.4 is 0 Å². The van der Waals surface area contributed by atoms with Gasteiger partial charge in [-0.1, -0.05) is 0 Å². The van der Waals surface area contributed by atoms with Crippen molar-refractivity contribution in [2.45, 2.75) is 12.6 Å². The highest BCUT2D eigenvalue weighted by atomic mass is 19.4. The van der Waals surface area contributed by atoms with Crippen molar-refractivity contribution >= 4 is 17.8 Å². The number of nitrogens with zero attached hydrogens (tertiary/aromatic N) is 1. The predicted molar refractivity (Wildman–Crippen MR) is 51.3 cm³/mol. The van der Waals surface area contributed by atoms with Gasteiger partial charge < -0.3 is 14.4 Å². The smallest absolute Gasteiger partial charge is 0.397 e. The number of ether oxygens (including phenoxy) is 2. The molecule has 104 valence electrons. The molecule has 9 heteroatoms. The highest BCUT2D eigenvalue weighted by Gasteiger charge is 2.34. The average Bonchev–Trinajstić information content (AvgIpc) is 2.25. The first-order valence-corrected chi connectivity index (χ1v) is 4.67. The lowest BCUT2D eigenvalue weighted by molar-refractivity contribution is -0.167. The van der Waals surface area contributed by atoms with Crippen LogP contribution in [0.1, 0.15) is 6.42 Å². The summed E-state index contributed by atoms with van der Waals surface area (Å²) < 4.78 is 44.5. The van der Waals surface area contributed by atoms with E-state index in [9.17, 15) is 27.6 Å². The zero-order chi connectivity index (χ0) is 14.3. The monoisotopic (exact) mass is 271 g/mol. The van der Waals surface area contributed by atoms with Gasteiger partial charge in [-0.05, 0) is 0 Å². The molecule has 0 unspecified atom stereocenters. The number of alkyl halides is 3. The van der Waals surface area contributed by atoms with Gasteiger partial charge in [0.15, 0.2) is 0 Å². The average molecular weight is 271 g/mol. The summed E-state index contributed by atoms with van der Waals surface area (Å²) in [5.41, 5.74) is 0. The van der Waals surface area contributed by atoms with Crippen LogP contribution in [0.15, 0.2) is 0 Å². The predicted octanol–water partition coefficient (Wildman–Crippen LogP) is 0.113. The first-order chi connectivity index (χ1) is 8.19. The quantitative estimate of drug-likeness (QED) is 0.664. The summed E-state index contributed by atoms with van der Waals surface area (Å²) in [6.07, 6.45) is -6.48. The van der Waals surface area contributed by atoms with Crippen LogP contribution >= 0.6 is 0 Å². The van der Waals surface area contributed by atoms with E-state index in [2.05, 4.69) is 9.47 Å². The molecule has 0 aromatic carbocycles. The molecule has 0 saturated heterocycles. The number of rotatable bonds is 5. The molecule has 0 fully saturated rings. The Labute approximate surface area is 101 Å². The Morgan fingerprint density at radius 2 is 1.39 bits per heavy atom. The van der Waals surface area contributed by atoms with Gasteiger partial charge in [-0.25, -0.2) is 0 Å². The molecule has 0 rings (SSSR count). The largest absolute Gasteiger partial charge is 0.468 e. The van der Waals surface area contributed by atoms with E-state index in [1.165, 1.54) is 0 Å². The molecule has 0 N–H and O–H groups in total. The van der Waals surface area contributed by atoms with Crippen LogP contribution in [0.25, 0.3) is 0 Å². The Morgan fingerprint density at radius 3 is 1.67 bits per heavy atom. The van der Waals surface area contributed by atoms with Crippen molar-refractivity contribution in [1.29, 1.82) is 0 Å². The molecule has 6 nitrogen and oxygen atoms in total. The Kier molecular flexibility index (Phi) is 6.14. The summed E-state index contributed by atoms with van der Waals surface area (Å²) in [4.78, 5) is 33.5. The van der Waals surface area contributed by atoms with Crippen molar-refractivity contribution in [2.75, 3.05) is 27.3 Å². The van der Waals surface area contributed by atoms with Gasteiger partial charge in [0.1, 0.15) is 19.5 Å². The van der Waals surface area contributed by atoms with Crippen molar-refractivity contribution in [2.24, 2.45) is 0 Å². The first kappa shape index (κ1) is 16.2. The van der Waals surface area contributed by atoms with Gasteiger partial charge in [0.05, 0.1) is 14.2 Å². The number of carbonyl (C=O) groups is 3. The molecular weight excluding hydrogens is 259 g/mol. The van der Waals surface area contributed by atoms with Gasteiger partial charge in [-0.3, -0.25) is 14.4 Å². The topological polar surface area (TPSA) is 72.9 Å². The van der Waals surface area contributed by atoms with E-state index in [4.69, 9.17) is 0 Å². The number of halogens is 3. The Bertz CT molecular complexity index is 311. The SMILES string of the molecule is COC(=O)CN(CC(=O)OC)C(=O)CC(F)(F)F. The minimum Gasteiger partial charge on any atom is -0.468 e. The minimum absolute atomic E-state index is 0.422. The van der Waals surface area contributed by atoms with Crippen molar-refractivity contribution in [3.8, 4) is 0 Å². The van der Waals surface area contributed by atoms with Crippen LogP contribution in [0.4, 0.5) is 13.2 Å². The van der Waals surface area contributed by atoms with Crippen LogP contribution in [0.2, 0.25) is 0 Å². The zero-order valence-corrected chi connectivity index (χ0v) is 9.74. The Morgan fingerprint density at radius 1 is 1.00 bits per heavy atom. The first-order valence-electron chi connectivity index (χ1n) is 4.67. The maximum absolute atomic E-state index is 12.0. The van der Waals surface area contributed by atoms with Gasteiger partial charge in [-0.15, -0.1) is 0 Å². The van der Waals surface area contributed by atoms with Gasteiger partial charge in [0, 0.05) is 0 Å². The fourth-order valence-corrected chi connectivity index (χ4v) is 0.956. The zero-order valence-electron chi connectivity index (χ0n) is 9.74. The second kappa shape index (κ2) is 6.82. The number of carbonyl (C=O) groups excluding carboxylic acids is 3. The van der Waals surface area contributed by atoms with Crippen molar-refractivity contribution in [1.82, 2.24) is 4.90 Å². The highest BCUT2D eigenvalue weighted by Crippen LogP contribution is 2.20. The van der Waals surface area contributed by atoms with Gasteiger partial charge in [0.25, 0.3) is 0 Å². The lowest BCUT2D eigenvalue weighted by Gasteiger charge is -2.20. The summed E-state index contributed by atoms with van der Waals surface area (Å²) >= 11 is 0. The summed E-state index contributed by atoms with van der Waals surface area (Å²) in [7, 11) is 2.01. The van der Waals surface area contributed by atoms with Gasteiger partial charge in [0.2, 0.25) is 5.91 Å². The maximum Gasteiger partial charge on any atom is 0.397 e. The number of methoxy groups -OCH3 is 2. The van der Waals surface area contributed by atoms with E-state index >= 15 is 0 Å². The Hall–Kier alpha value is -1.80. The molecule has 18 heavy (non-hydrogen) atoms. The number of hydrogen-bond acceptors (Lipinski definition) is 5. The number of esters is 2. The Balaban J connectivity index is 4.69. The normalized spacial score (nSPS) is 10.7. The molecule has 0 radical (unpaired) electrons.